The van der Waals surface area contributed by atoms with Crippen LogP contribution in [0.2, 0.25) is 5.15 Å². The number of ether oxygens (including phenoxy) is 2. The van der Waals surface area contributed by atoms with E-state index < -0.39 is 0 Å². The third kappa shape index (κ3) is 4.37. The van der Waals surface area contributed by atoms with Crippen LogP contribution >= 0.6 is 11.6 Å². The van der Waals surface area contributed by atoms with Crippen LogP contribution in [-0.2, 0) is 13.6 Å². The minimum Gasteiger partial charge on any atom is -0.497 e. The second-order valence-electron chi connectivity index (χ2n) is 4.79. The molecule has 1 N–H and O–H groups in total. The predicted octanol–water partition coefficient (Wildman–Crippen LogP) is 2.64. The molecule has 0 amide bonds. The number of halogens is 1. The summed E-state index contributed by atoms with van der Waals surface area (Å²) in [4.78, 5) is 4.23. The fourth-order valence-electron chi connectivity index (χ4n) is 1.90. The van der Waals surface area contributed by atoms with Crippen LogP contribution in [0.4, 0.5) is 0 Å². The zero-order valence-electron chi connectivity index (χ0n) is 12.5. The van der Waals surface area contributed by atoms with Gasteiger partial charge in [-0.15, -0.1) is 0 Å². The molecule has 2 aromatic rings. The Morgan fingerprint density at radius 1 is 1.29 bits per heavy atom. The lowest BCUT2D eigenvalue weighted by atomic mass is 10.3. The molecule has 114 valence electrons. The van der Waals surface area contributed by atoms with Gasteiger partial charge in [-0.25, -0.2) is 4.98 Å². The number of imidazole rings is 1. The van der Waals surface area contributed by atoms with Gasteiger partial charge in [0.05, 0.1) is 19.9 Å². The molecule has 0 spiro atoms. The molecule has 0 radical (unpaired) electrons. The van der Waals surface area contributed by atoms with Crippen LogP contribution in [0.1, 0.15) is 12.7 Å². The third-order valence-electron chi connectivity index (χ3n) is 3.14. The number of benzene rings is 1. The van der Waals surface area contributed by atoms with E-state index in [2.05, 4.69) is 10.3 Å². The molecule has 1 atom stereocenters. The Bertz CT molecular complexity index is 569. The molecule has 0 bridgehead atoms. The average Bonchev–Trinajstić information content (AvgIpc) is 2.80. The van der Waals surface area contributed by atoms with Crippen molar-refractivity contribution in [3.63, 3.8) is 0 Å². The zero-order valence-corrected chi connectivity index (χ0v) is 13.2. The van der Waals surface area contributed by atoms with Crippen molar-refractivity contribution in [2.24, 2.45) is 7.05 Å². The largest absolute Gasteiger partial charge is 0.497 e. The summed E-state index contributed by atoms with van der Waals surface area (Å²) in [6, 6.07) is 7.55. The summed E-state index contributed by atoms with van der Waals surface area (Å²) in [5.41, 5.74) is 0. The van der Waals surface area contributed by atoms with Crippen LogP contribution in [0.5, 0.6) is 11.5 Å². The van der Waals surface area contributed by atoms with Gasteiger partial charge in [0.1, 0.15) is 28.6 Å². The van der Waals surface area contributed by atoms with Crippen LogP contribution in [0.15, 0.2) is 30.5 Å². The summed E-state index contributed by atoms with van der Waals surface area (Å²) in [5, 5.41) is 3.94. The number of nitrogens with zero attached hydrogens (tertiary/aromatic N) is 2. The first-order valence-corrected chi connectivity index (χ1v) is 7.15. The number of aromatic nitrogens is 2. The highest BCUT2D eigenvalue weighted by atomic mass is 35.5. The Hall–Kier alpha value is -1.72. The highest BCUT2D eigenvalue weighted by molar-refractivity contribution is 6.29. The molecule has 0 aliphatic carbocycles. The highest BCUT2D eigenvalue weighted by Gasteiger charge is 2.07. The molecule has 2 rings (SSSR count). The van der Waals surface area contributed by atoms with E-state index in [1.165, 1.54) is 0 Å². The van der Waals surface area contributed by atoms with Gasteiger partial charge in [0.15, 0.2) is 0 Å². The van der Waals surface area contributed by atoms with Gasteiger partial charge >= 0.3 is 0 Å². The van der Waals surface area contributed by atoms with Crippen LogP contribution in [-0.4, -0.2) is 29.3 Å². The van der Waals surface area contributed by atoms with Gasteiger partial charge in [-0.05, 0) is 31.2 Å². The summed E-state index contributed by atoms with van der Waals surface area (Å²) in [6.45, 7) is 3.39. The second-order valence-corrected chi connectivity index (χ2v) is 5.18. The topological polar surface area (TPSA) is 48.3 Å². The van der Waals surface area contributed by atoms with Crippen LogP contribution in [0.3, 0.4) is 0 Å². The lowest BCUT2D eigenvalue weighted by Crippen LogP contribution is -2.29. The van der Waals surface area contributed by atoms with E-state index in [1.807, 2.05) is 42.8 Å². The van der Waals surface area contributed by atoms with E-state index in [9.17, 15) is 0 Å². The maximum absolute atomic E-state index is 5.94. The Kier molecular flexibility index (Phi) is 5.47. The van der Waals surface area contributed by atoms with Gasteiger partial charge in [0, 0.05) is 13.6 Å². The summed E-state index contributed by atoms with van der Waals surface area (Å²) in [5.74, 6) is 2.54. The number of hydrogen-bond donors (Lipinski definition) is 1. The van der Waals surface area contributed by atoms with Crippen molar-refractivity contribution in [1.29, 1.82) is 0 Å². The van der Waals surface area contributed by atoms with Crippen molar-refractivity contribution in [3.05, 3.63) is 41.4 Å². The molecule has 0 aliphatic heterocycles. The third-order valence-corrected chi connectivity index (χ3v) is 3.49. The first-order chi connectivity index (χ1) is 10.1. The summed E-state index contributed by atoms with van der Waals surface area (Å²) in [7, 11) is 3.54. The molecule has 0 aliphatic rings. The van der Waals surface area contributed by atoms with E-state index in [1.54, 1.807) is 13.3 Å². The number of methoxy groups -OCH3 is 1. The first kappa shape index (κ1) is 15.7. The van der Waals surface area contributed by atoms with Crippen LogP contribution in [0.25, 0.3) is 0 Å². The number of nitrogens with one attached hydrogen (secondary N) is 1. The molecular formula is C15H20ClN3O2. The van der Waals surface area contributed by atoms with Gasteiger partial charge in [-0.2, -0.15) is 0 Å². The molecule has 21 heavy (non-hydrogen) atoms. The average molecular weight is 310 g/mol. The molecular weight excluding hydrogens is 290 g/mol. The molecule has 0 saturated carbocycles. The van der Waals surface area contributed by atoms with Crippen LogP contribution in [0, 0.1) is 0 Å². The Morgan fingerprint density at radius 2 is 1.95 bits per heavy atom. The van der Waals surface area contributed by atoms with Crippen molar-refractivity contribution < 1.29 is 9.47 Å². The minimum atomic E-state index is 0.0501. The maximum Gasteiger partial charge on any atom is 0.128 e. The second kappa shape index (κ2) is 7.33. The molecule has 1 unspecified atom stereocenters. The van der Waals surface area contributed by atoms with Crippen molar-refractivity contribution >= 4 is 11.6 Å². The van der Waals surface area contributed by atoms with Crippen molar-refractivity contribution in [2.45, 2.75) is 19.6 Å². The summed E-state index contributed by atoms with van der Waals surface area (Å²) >= 11 is 5.94. The van der Waals surface area contributed by atoms with E-state index in [-0.39, 0.29) is 6.10 Å². The van der Waals surface area contributed by atoms with E-state index in [0.717, 1.165) is 23.9 Å². The van der Waals surface area contributed by atoms with Gasteiger partial charge in [-0.1, -0.05) is 11.6 Å². The Balaban J connectivity index is 1.76. The lowest BCUT2D eigenvalue weighted by Gasteiger charge is -2.15. The zero-order chi connectivity index (χ0) is 15.2. The highest BCUT2D eigenvalue weighted by Crippen LogP contribution is 2.18. The standard InChI is InChI=1S/C15H20ClN3O2/c1-11(21-13-6-4-12(20-3)5-7-13)8-17-10-15-18-9-14(16)19(15)2/h4-7,9,11,17H,8,10H2,1-3H3. The van der Waals surface area contributed by atoms with E-state index >= 15 is 0 Å². The number of rotatable bonds is 7. The lowest BCUT2D eigenvalue weighted by molar-refractivity contribution is 0.216. The maximum atomic E-state index is 5.94. The van der Waals surface area contributed by atoms with Crippen LogP contribution < -0.4 is 14.8 Å². The summed E-state index contributed by atoms with van der Waals surface area (Å²) < 4.78 is 12.8. The molecule has 5 nitrogen and oxygen atoms in total. The van der Waals surface area contributed by atoms with E-state index in [4.69, 9.17) is 21.1 Å². The molecule has 6 heteroatoms. The molecule has 1 aromatic carbocycles. The predicted molar refractivity (Wildman–Crippen MR) is 83.0 cm³/mol. The van der Waals surface area contributed by atoms with Crippen molar-refractivity contribution in [2.75, 3.05) is 13.7 Å². The van der Waals surface area contributed by atoms with Crippen molar-refractivity contribution in [1.82, 2.24) is 14.9 Å². The fourth-order valence-corrected chi connectivity index (χ4v) is 2.05. The smallest absolute Gasteiger partial charge is 0.128 e. The number of hydrogen-bond acceptors (Lipinski definition) is 4. The quantitative estimate of drug-likeness (QED) is 0.854. The van der Waals surface area contributed by atoms with Gasteiger partial charge in [0.25, 0.3) is 0 Å². The molecule has 1 heterocycles. The van der Waals surface area contributed by atoms with Gasteiger partial charge in [-0.3, -0.25) is 0 Å². The van der Waals surface area contributed by atoms with E-state index in [0.29, 0.717) is 11.7 Å². The van der Waals surface area contributed by atoms with Gasteiger partial charge in [0.2, 0.25) is 0 Å². The van der Waals surface area contributed by atoms with Crippen molar-refractivity contribution in [3.8, 4) is 11.5 Å². The van der Waals surface area contributed by atoms with Gasteiger partial charge < -0.3 is 19.4 Å². The molecule has 1 aromatic heterocycles. The normalized spacial score (nSPS) is 12.2. The SMILES string of the molecule is COc1ccc(OC(C)CNCc2ncc(Cl)n2C)cc1. The minimum absolute atomic E-state index is 0.0501. The Labute approximate surface area is 129 Å². The Morgan fingerprint density at radius 3 is 2.52 bits per heavy atom. The first-order valence-electron chi connectivity index (χ1n) is 6.77. The summed E-state index contributed by atoms with van der Waals surface area (Å²) in [6.07, 6.45) is 1.70. The molecule has 0 saturated heterocycles. The monoisotopic (exact) mass is 309 g/mol. The fraction of sp³-hybridized carbons (Fsp3) is 0.400. The molecule has 0 fully saturated rings.